The molecule has 0 radical (unpaired) electrons. The van der Waals surface area contributed by atoms with Gasteiger partial charge in [-0.05, 0) is 51.3 Å². The first kappa shape index (κ1) is 20.9. The van der Waals surface area contributed by atoms with E-state index in [2.05, 4.69) is 10.3 Å². The van der Waals surface area contributed by atoms with E-state index in [0.717, 1.165) is 5.56 Å². The number of ether oxygens (including phenoxy) is 1. The molecule has 0 aliphatic heterocycles. The summed E-state index contributed by atoms with van der Waals surface area (Å²) in [5.74, 6) is -0.640. The molecule has 152 valence electrons. The Hall–Kier alpha value is -2.79. The Morgan fingerprint density at radius 3 is 2.52 bits per heavy atom. The maximum Gasteiger partial charge on any atom is 0.253 e. The number of carbonyl (C=O) groups excluding carboxylic acids is 1. The van der Waals surface area contributed by atoms with Crippen molar-refractivity contribution < 1.29 is 13.9 Å². The average Bonchev–Trinajstić information content (AvgIpc) is 2.68. The van der Waals surface area contributed by atoms with Crippen molar-refractivity contribution in [2.75, 3.05) is 7.11 Å². The van der Waals surface area contributed by atoms with Gasteiger partial charge in [0.05, 0.1) is 11.2 Å². The Labute approximate surface area is 171 Å². The molecule has 4 nitrogen and oxygen atoms in total. The zero-order valence-electron chi connectivity index (χ0n) is 17.3. The zero-order chi connectivity index (χ0) is 21.1. The summed E-state index contributed by atoms with van der Waals surface area (Å²) in [6.45, 7) is 6.03. The van der Waals surface area contributed by atoms with Crippen LogP contribution < -0.4 is 5.32 Å². The minimum atomic E-state index is -0.547. The fraction of sp³-hybridized carbons (Fsp3) is 0.333. The number of methoxy groups -OCH3 is 1. The molecule has 5 heteroatoms. The van der Waals surface area contributed by atoms with Gasteiger partial charge in [0.2, 0.25) is 0 Å². The van der Waals surface area contributed by atoms with Crippen molar-refractivity contribution in [3.05, 3.63) is 77.7 Å². The largest absolute Gasteiger partial charge is 0.379 e. The van der Waals surface area contributed by atoms with E-state index in [4.69, 9.17) is 4.74 Å². The molecular weight excluding hydrogens is 367 g/mol. The standard InChI is InChI=1S/C24H27FN2O2/c1-23(2,29-4)16-24(3,14-17-9-6-5-7-10-17)27-22(28)19-13-18-11-8-12-20(25)21(18)26-15-19/h5-13,15H,14,16H2,1-4H3,(H,27,28). The lowest BCUT2D eigenvalue weighted by Gasteiger charge is -2.38. The van der Waals surface area contributed by atoms with Crippen LogP contribution in [-0.4, -0.2) is 29.1 Å². The lowest BCUT2D eigenvalue weighted by molar-refractivity contribution is -0.00558. The summed E-state index contributed by atoms with van der Waals surface area (Å²) in [6, 6.07) is 16.4. The molecule has 0 saturated carbocycles. The van der Waals surface area contributed by atoms with E-state index < -0.39 is 17.0 Å². The molecule has 0 spiro atoms. The number of carbonyl (C=O) groups is 1. The van der Waals surface area contributed by atoms with Gasteiger partial charge in [0.1, 0.15) is 11.3 Å². The van der Waals surface area contributed by atoms with Crippen molar-refractivity contribution in [2.45, 2.75) is 44.8 Å². The first-order valence-corrected chi connectivity index (χ1v) is 9.67. The number of benzene rings is 2. The SMILES string of the molecule is COC(C)(C)CC(C)(Cc1ccccc1)NC(=O)c1cnc2c(F)cccc2c1. The molecule has 1 amide bonds. The summed E-state index contributed by atoms with van der Waals surface area (Å²) in [6.07, 6.45) is 2.69. The summed E-state index contributed by atoms with van der Waals surface area (Å²) < 4.78 is 19.5. The number of halogens is 1. The van der Waals surface area contributed by atoms with Crippen molar-refractivity contribution >= 4 is 16.8 Å². The van der Waals surface area contributed by atoms with E-state index in [9.17, 15) is 9.18 Å². The highest BCUT2D eigenvalue weighted by Crippen LogP contribution is 2.27. The Bertz CT molecular complexity index is 1000. The second-order valence-corrected chi connectivity index (χ2v) is 8.35. The lowest BCUT2D eigenvalue weighted by Crippen LogP contribution is -2.52. The van der Waals surface area contributed by atoms with Gasteiger partial charge in [-0.2, -0.15) is 0 Å². The molecule has 1 unspecified atom stereocenters. The predicted molar refractivity (Wildman–Crippen MR) is 113 cm³/mol. The van der Waals surface area contributed by atoms with E-state index in [-0.39, 0.29) is 11.4 Å². The first-order chi connectivity index (χ1) is 13.7. The molecule has 0 fully saturated rings. The van der Waals surface area contributed by atoms with E-state index in [1.807, 2.05) is 51.1 Å². The molecule has 3 aromatic rings. The second kappa shape index (κ2) is 8.29. The number of pyridine rings is 1. The van der Waals surface area contributed by atoms with Gasteiger partial charge in [0.25, 0.3) is 5.91 Å². The van der Waals surface area contributed by atoms with Gasteiger partial charge in [-0.3, -0.25) is 9.78 Å². The number of amides is 1. The van der Waals surface area contributed by atoms with E-state index in [1.54, 1.807) is 25.3 Å². The normalized spacial score (nSPS) is 13.8. The summed E-state index contributed by atoms with van der Waals surface area (Å²) in [4.78, 5) is 17.2. The molecular formula is C24H27FN2O2. The molecule has 1 N–H and O–H groups in total. The van der Waals surface area contributed by atoms with E-state index in [1.165, 1.54) is 12.3 Å². The van der Waals surface area contributed by atoms with Crippen LogP contribution in [0.15, 0.2) is 60.8 Å². The molecule has 1 heterocycles. The molecule has 1 atom stereocenters. The highest BCUT2D eigenvalue weighted by atomic mass is 19.1. The van der Waals surface area contributed by atoms with E-state index in [0.29, 0.717) is 23.8 Å². The van der Waals surface area contributed by atoms with Crippen molar-refractivity contribution in [2.24, 2.45) is 0 Å². The van der Waals surface area contributed by atoms with Gasteiger partial charge in [0.15, 0.2) is 0 Å². The van der Waals surface area contributed by atoms with Crippen molar-refractivity contribution in [1.29, 1.82) is 0 Å². The highest BCUT2D eigenvalue weighted by Gasteiger charge is 2.34. The molecule has 3 rings (SSSR count). The number of hydrogen-bond acceptors (Lipinski definition) is 3. The predicted octanol–water partition coefficient (Wildman–Crippen LogP) is 4.92. The van der Waals surface area contributed by atoms with Crippen LogP contribution in [0.4, 0.5) is 4.39 Å². The van der Waals surface area contributed by atoms with Crippen LogP contribution in [-0.2, 0) is 11.2 Å². The number of hydrogen-bond donors (Lipinski definition) is 1. The molecule has 0 aliphatic carbocycles. The van der Waals surface area contributed by atoms with Crippen LogP contribution in [0.1, 0.15) is 43.1 Å². The van der Waals surface area contributed by atoms with Gasteiger partial charge in [-0.1, -0.05) is 42.5 Å². The maximum atomic E-state index is 13.9. The number of rotatable bonds is 7. The van der Waals surface area contributed by atoms with Gasteiger partial charge < -0.3 is 10.1 Å². The number of nitrogens with zero attached hydrogens (tertiary/aromatic N) is 1. The minimum Gasteiger partial charge on any atom is -0.379 e. The number of para-hydroxylation sites is 1. The smallest absolute Gasteiger partial charge is 0.253 e. The summed E-state index contributed by atoms with van der Waals surface area (Å²) in [5, 5.41) is 3.77. The van der Waals surface area contributed by atoms with Crippen LogP contribution in [0, 0.1) is 5.82 Å². The van der Waals surface area contributed by atoms with Crippen LogP contribution in [0.5, 0.6) is 0 Å². The molecule has 0 saturated heterocycles. The Balaban J connectivity index is 1.89. The minimum absolute atomic E-state index is 0.242. The van der Waals surface area contributed by atoms with Crippen LogP contribution >= 0.6 is 0 Å². The quantitative estimate of drug-likeness (QED) is 0.619. The monoisotopic (exact) mass is 394 g/mol. The second-order valence-electron chi connectivity index (χ2n) is 8.35. The Morgan fingerprint density at radius 2 is 1.83 bits per heavy atom. The molecule has 29 heavy (non-hydrogen) atoms. The maximum absolute atomic E-state index is 13.9. The third-order valence-corrected chi connectivity index (χ3v) is 5.14. The van der Waals surface area contributed by atoms with E-state index >= 15 is 0 Å². The fourth-order valence-electron chi connectivity index (χ4n) is 3.80. The fourth-order valence-corrected chi connectivity index (χ4v) is 3.80. The van der Waals surface area contributed by atoms with Crippen molar-refractivity contribution in [1.82, 2.24) is 10.3 Å². The summed E-state index contributed by atoms with van der Waals surface area (Å²) in [7, 11) is 1.67. The molecule has 0 bridgehead atoms. The van der Waals surface area contributed by atoms with Crippen molar-refractivity contribution in [3.63, 3.8) is 0 Å². The number of aromatic nitrogens is 1. The first-order valence-electron chi connectivity index (χ1n) is 9.67. The summed E-state index contributed by atoms with van der Waals surface area (Å²) >= 11 is 0. The van der Waals surface area contributed by atoms with Gasteiger partial charge >= 0.3 is 0 Å². The summed E-state index contributed by atoms with van der Waals surface area (Å²) in [5.41, 5.74) is 0.825. The lowest BCUT2D eigenvalue weighted by atomic mass is 9.82. The third kappa shape index (κ3) is 5.18. The molecule has 2 aromatic carbocycles. The molecule has 1 aromatic heterocycles. The number of fused-ring (bicyclic) bond motifs is 1. The zero-order valence-corrected chi connectivity index (χ0v) is 17.3. The van der Waals surface area contributed by atoms with Crippen LogP contribution in [0.3, 0.4) is 0 Å². The van der Waals surface area contributed by atoms with Gasteiger partial charge in [-0.25, -0.2) is 4.39 Å². The highest BCUT2D eigenvalue weighted by molar-refractivity contribution is 5.97. The topological polar surface area (TPSA) is 51.2 Å². The molecule has 0 aliphatic rings. The Kier molecular flexibility index (Phi) is 5.99. The van der Waals surface area contributed by atoms with Crippen LogP contribution in [0.2, 0.25) is 0 Å². The Morgan fingerprint density at radius 1 is 1.10 bits per heavy atom. The average molecular weight is 394 g/mol. The van der Waals surface area contributed by atoms with Crippen molar-refractivity contribution in [3.8, 4) is 0 Å². The third-order valence-electron chi connectivity index (χ3n) is 5.14. The van der Waals surface area contributed by atoms with Crippen LogP contribution in [0.25, 0.3) is 10.9 Å². The van der Waals surface area contributed by atoms with Gasteiger partial charge in [-0.15, -0.1) is 0 Å². The number of nitrogens with one attached hydrogen (secondary N) is 1. The van der Waals surface area contributed by atoms with Gasteiger partial charge in [0, 0.05) is 24.2 Å².